The topological polar surface area (TPSA) is 29.5 Å². The third-order valence-electron chi connectivity index (χ3n) is 2.55. The molecule has 1 atom stereocenters. The molecule has 0 aromatic heterocycles. The molecule has 1 aromatic rings. The largest absolute Gasteiger partial charge is 0.491 e. The van der Waals surface area contributed by atoms with Crippen LogP contribution in [-0.4, -0.2) is 17.8 Å². The molecule has 0 saturated heterocycles. The Balaban J connectivity index is 2.28. The maximum absolute atomic E-state index is 9.71. The Morgan fingerprint density at radius 1 is 1.41 bits per heavy atom. The van der Waals surface area contributed by atoms with E-state index in [0.29, 0.717) is 13.0 Å². The molecule has 0 aliphatic heterocycles. The fourth-order valence-corrected chi connectivity index (χ4v) is 1.36. The molecule has 1 unspecified atom stereocenters. The number of aliphatic hydroxyl groups excluding tert-OH is 1. The third-order valence-corrected chi connectivity index (χ3v) is 2.55. The van der Waals surface area contributed by atoms with E-state index >= 15 is 0 Å². The van der Waals surface area contributed by atoms with Crippen LogP contribution in [0.4, 0.5) is 0 Å². The van der Waals surface area contributed by atoms with Crippen molar-refractivity contribution in [2.45, 2.75) is 25.9 Å². The molecule has 0 heterocycles. The highest BCUT2D eigenvalue weighted by Gasteiger charge is 2.05. The van der Waals surface area contributed by atoms with Crippen LogP contribution in [0.5, 0.6) is 5.75 Å². The van der Waals surface area contributed by atoms with Crippen molar-refractivity contribution in [3.05, 3.63) is 54.6 Å². The lowest BCUT2D eigenvalue weighted by Gasteiger charge is -2.12. The highest BCUT2D eigenvalue weighted by Crippen LogP contribution is 2.13. The average molecular weight is 232 g/mol. The lowest BCUT2D eigenvalue weighted by molar-refractivity contribution is 0.100. The van der Waals surface area contributed by atoms with Gasteiger partial charge in [-0.3, -0.25) is 0 Å². The second kappa shape index (κ2) is 6.92. The van der Waals surface area contributed by atoms with Gasteiger partial charge in [-0.05, 0) is 31.9 Å². The van der Waals surface area contributed by atoms with Crippen LogP contribution in [0.15, 0.2) is 49.1 Å². The van der Waals surface area contributed by atoms with E-state index in [1.807, 2.05) is 31.2 Å². The summed E-state index contributed by atoms with van der Waals surface area (Å²) >= 11 is 0. The van der Waals surface area contributed by atoms with Gasteiger partial charge in [0.1, 0.15) is 12.4 Å². The number of rotatable bonds is 7. The zero-order valence-electron chi connectivity index (χ0n) is 10.4. The molecular weight excluding hydrogens is 212 g/mol. The molecule has 1 rings (SSSR count). The second-order valence-electron chi connectivity index (χ2n) is 4.18. The van der Waals surface area contributed by atoms with Crippen LogP contribution in [0.25, 0.3) is 0 Å². The first kappa shape index (κ1) is 13.5. The summed E-state index contributed by atoms with van der Waals surface area (Å²) in [5.41, 5.74) is 2.14. The fraction of sp³-hybridized carbons (Fsp3) is 0.333. The number of hydrogen-bond donors (Lipinski definition) is 1. The molecule has 92 valence electrons. The van der Waals surface area contributed by atoms with E-state index < -0.39 is 6.10 Å². The predicted octanol–water partition coefficient (Wildman–Crippen LogP) is 3.26. The molecular formula is C15H20O2. The molecule has 0 spiro atoms. The molecule has 2 heteroatoms. The number of benzene rings is 1. The molecule has 0 bridgehead atoms. The summed E-state index contributed by atoms with van der Waals surface area (Å²) in [6.07, 6.45) is 2.65. The smallest absolute Gasteiger partial charge is 0.119 e. The first-order chi connectivity index (χ1) is 8.11. The summed E-state index contributed by atoms with van der Waals surface area (Å²) in [5, 5.41) is 9.71. The van der Waals surface area contributed by atoms with Gasteiger partial charge in [0, 0.05) is 0 Å². The monoisotopic (exact) mass is 232 g/mol. The summed E-state index contributed by atoms with van der Waals surface area (Å²) in [6, 6.07) is 7.79. The van der Waals surface area contributed by atoms with Crippen LogP contribution in [0.2, 0.25) is 0 Å². The SMILES string of the molecule is C=CC(=C)CCC(O)COc1ccc(C)cc1. The van der Waals surface area contributed by atoms with Crippen LogP contribution in [0.1, 0.15) is 18.4 Å². The van der Waals surface area contributed by atoms with Gasteiger partial charge in [0.05, 0.1) is 6.10 Å². The van der Waals surface area contributed by atoms with E-state index in [-0.39, 0.29) is 0 Å². The van der Waals surface area contributed by atoms with Crippen molar-refractivity contribution in [1.82, 2.24) is 0 Å². The van der Waals surface area contributed by atoms with E-state index in [4.69, 9.17) is 4.74 Å². The van der Waals surface area contributed by atoms with Gasteiger partial charge in [0.15, 0.2) is 0 Å². The van der Waals surface area contributed by atoms with Crippen molar-refractivity contribution in [3.8, 4) is 5.75 Å². The van der Waals surface area contributed by atoms with Crippen LogP contribution >= 0.6 is 0 Å². The maximum atomic E-state index is 9.71. The average Bonchev–Trinajstić information content (AvgIpc) is 2.35. The number of hydrogen-bond acceptors (Lipinski definition) is 2. The predicted molar refractivity (Wildman–Crippen MR) is 71.3 cm³/mol. The lowest BCUT2D eigenvalue weighted by Crippen LogP contribution is -2.17. The molecule has 0 fully saturated rings. The van der Waals surface area contributed by atoms with E-state index in [9.17, 15) is 5.11 Å². The Bertz CT molecular complexity index is 365. The highest BCUT2D eigenvalue weighted by molar-refractivity contribution is 5.26. The molecule has 0 radical (unpaired) electrons. The van der Waals surface area contributed by atoms with Crippen molar-refractivity contribution in [2.75, 3.05) is 6.61 Å². The quantitative estimate of drug-likeness (QED) is 0.731. The van der Waals surface area contributed by atoms with Gasteiger partial charge in [-0.15, -0.1) is 0 Å². The van der Waals surface area contributed by atoms with Gasteiger partial charge >= 0.3 is 0 Å². The summed E-state index contributed by atoms with van der Waals surface area (Å²) < 4.78 is 5.48. The van der Waals surface area contributed by atoms with Crippen molar-refractivity contribution in [2.24, 2.45) is 0 Å². The van der Waals surface area contributed by atoms with E-state index in [1.54, 1.807) is 6.08 Å². The van der Waals surface area contributed by atoms with Crippen molar-refractivity contribution < 1.29 is 9.84 Å². The van der Waals surface area contributed by atoms with Crippen molar-refractivity contribution in [1.29, 1.82) is 0 Å². The Kier molecular flexibility index (Phi) is 5.50. The zero-order valence-corrected chi connectivity index (χ0v) is 10.4. The Hall–Kier alpha value is -1.54. The molecule has 2 nitrogen and oxygen atoms in total. The van der Waals surface area contributed by atoms with Gasteiger partial charge in [0.25, 0.3) is 0 Å². The third kappa shape index (κ3) is 5.36. The minimum atomic E-state index is -0.465. The highest BCUT2D eigenvalue weighted by atomic mass is 16.5. The van der Waals surface area contributed by atoms with E-state index in [2.05, 4.69) is 13.2 Å². The number of aryl methyl sites for hydroxylation is 1. The minimum absolute atomic E-state index is 0.313. The van der Waals surface area contributed by atoms with Gasteiger partial charge in [0.2, 0.25) is 0 Å². The number of ether oxygens (including phenoxy) is 1. The number of allylic oxidation sites excluding steroid dienone is 2. The first-order valence-electron chi connectivity index (χ1n) is 5.79. The van der Waals surface area contributed by atoms with Crippen LogP contribution in [-0.2, 0) is 0 Å². The first-order valence-corrected chi connectivity index (χ1v) is 5.79. The molecule has 1 N–H and O–H groups in total. The molecule has 0 aliphatic carbocycles. The van der Waals surface area contributed by atoms with Gasteiger partial charge in [-0.2, -0.15) is 0 Å². The summed E-state index contributed by atoms with van der Waals surface area (Å²) in [5.74, 6) is 0.789. The molecule has 0 saturated carbocycles. The minimum Gasteiger partial charge on any atom is -0.491 e. The normalized spacial score (nSPS) is 11.9. The van der Waals surface area contributed by atoms with Gasteiger partial charge in [-0.25, -0.2) is 0 Å². The summed E-state index contributed by atoms with van der Waals surface area (Å²) in [7, 11) is 0. The Labute approximate surface area is 103 Å². The van der Waals surface area contributed by atoms with Crippen LogP contribution in [0.3, 0.4) is 0 Å². The van der Waals surface area contributed by atoms with Crippen LogP contribution in [0, 0.1) is 6.92 Å². The van der Waals surface area contributed by atoms with Gasteiger partial charge < -0.3 is 9.84 Å². The molecule has 17 heavy (non-hydrogen) atoms. The van der Waals surface area contributed by atoms with Crippen LogP contribution < -0.4 is 4.74 Å². The standard InChI is InChI=1S/C15H20O2/c1-4-12(2)5-8-14(16)11-17-15-9-6-13(3)7-10-15/h4,6-7,9-10,14,16H,1-2,5,8,11H2,3H3. The number of aliphatic hydroxyl groups is 1. The van der Waals surface area contributed by atoms with Crippen molar-refractivity contribution >= 4 is 0 Å². The van der Waals surface area contributed by atoms with E-state index in [0.717, 1.165) is 17.7 Å². The summed E-state index contributed by atoms with van der Waals surface area (Å²) in [6.45, 7) is 9.77. The van der Waals surface area contributed by atoms with E-state index in [1.165, 1.54) is 5.56 Å². The lowest BCUT2D eigenvalue weighted by atomic mass is 10.1. The Morgan fingerprint density at radius 2 is 2.06 bits per heavy atom. The fourth-order valence-electron chi connectivity index (χ4n) is 1.36. The maximum Gasteiger partial charge on any atom is 0.119 e. The molecule has 0 aliphatic rings. The molecule has 0 amide bonds. The summed E-state index contributed by atoms with van der Waals surface area (Å²) in [4.78, 5) is 0. The zero-order chi connectivity index (χ0) is 12.7. The molecule has 1 aromatic carbocycles. The van der Waals surface area contributed by atoms with Crippen molar-refractivity contribution in [3.63, 3.8) is 0 Å². The van der Waals surface area contributed by atoms with Gasteiger partial charge in [-0.1, -0.05) is 42.5 Å². The Morgan fingerprint density at radius 3 is 2.65 bits per heavy atom. The second-order valence-corrected chi connectivity index (χ2v) is 4.18.